The van der Waals surface area contributed by atoms with Crippen LogP contribution >= 0.6 is 15.6 Å². The van der Waals surface area contributed by atoms with Crippen molar-refractivity contribution in [3.8, 4) is 0 Å². The van der Waals surface area contributed by atoms with E-state index < -0.39 is 15.6 Å². The molecule has 0 N–H and O–H groups in total. The molecule has 0 heterocycles. The molecule has 0 fully saturated rings. The summed E-state index contributed by atoms with van der Waals surface area (Å²) in [5, 5.41) is 1.76. The zero-order chi connectivity index (χ0) is 15.9. The summed E-state index contributed by atoms with van der Waals surface area (Å²) >= 11 is 0. The van der Waals surface area contributed by atoms with E-state index in [2.05, 4.69) is 89.8 Å². The molecular weight excluding hydrogens is 265 g/mol. The van der Waals surface area contributed by atoms with Crippen molar-refractivity contribution in [3.05, 3.63) is 0 Å². The van der Waals surface area contributed by atoms with E-state index in [0.29, 0.717) is 20.6 Å². The van der Waals surface area contributed by atoms with Crippen LogP contribution in [0.1, 0.15) is 83.1 Å². The molecule has 0 aliphatic carbocycles. The molecule has 19 heavy (non-hydrogen) atoms. The smallest absolute Gasteiger partial charge is 0.163 e. The van der Waals surface area contributed by atoms with Crippen molar-refractivity contribution < 1.29 is 0 Å². The van der Waals surface area contributed by atoms with Crippen LogP contribution < -0.4 is 0 Å². The summed E-state index contributed by atoms with van der Waals surface area (Å²) in [6.07, 6.45) is 0. The van der Waals surface area contributed by atoms with E-state index >= 15 is 0 Å². The molecule has 0 spiro atoms. The lowest BCUT2D eigenvalue weighted by molar-refractivity contribution is 0.714. The third-order valence-electron chi connectivity index (χ3n) is 3.52. The van der Waals surface area contributed by atoms with Gasteiger partial charge in [-0.25, -0.2) is 0 Å². The van der Waals surface area contributed by atoms with Crippen molar-refractivity contribution in [1.29, 1.82) is 0 Å². The molecule has 0 aliphatic heterocycles. The van der Waals surface area contributed by atoms with Gasteiger partial charge in [0.15, 0.2) is 6.72 Å². The molecule has 0 unspecified atom stereocenters. The molecule has 2 radical (unpaired) electrons. The van der Waals surface area contributed by atoms with Crippen molar-refractivity contribution in [1.82, 2.24) is 0 Å². The maximum Gasteiger partial charge on any atom is 0.165 e. The fourth-order valence-electron chi connectivity index (χ4n) is 3.26. The highest BCUT2D eigenvalue weighted by Crippen LogP contribution is 2.69. The number of hydrogen-bond acceptors (Lipinski definition) is 0. The van der Waals surface area contributed by atoms with Crippen molar-refractivity contribution in [3.63, 3.8) is 0 Å². The van der Waals surface area contributed by atoms with E-state index in [0.717, 1.165) is 0 Å². The van der Waals surface area contributed by atoms with E-state index in [1.807, 2.05) is 0 Å². The molecule has 0 saturated heterocycles. The Hall–Kier alpha value is 0.925. The molecule has 0 aromatic carbocycles. The minimum atomic E-state index is -0.519. The molecule has 0 atom stereocenters. The molecule has 3 heteroatoms. The van der Waals surface area contributed by atoms with Gasteiger partial charge in [0.25, 0.3) is 0 Å². The Morgan fingerprint density at radius 3 is 0.684 bits per heavy atom. The van der Waals surface area contributed by atoms with Gasteiger partial charge in [0.2, 0.25) is 0 Å². The molecule has 0 aliphatic rings. The zero-order valence-electron chi connectivity index (χ0n) is 15.6. The number of rotatable bonds is 2. The van der Waals surface area contributed by atoms with E-state index in [-0.39, 0.29) is 0 Å². The Balaban J connectivity index is 5.43. The summed E-state index contributed by atoms with van der Waals surface area (Å²) in [6.45, 7) is 32.1. The monoisotopic (exact) mass is 303 g/mol. The molecular formula is C16H38BP2+. The molecule has 0 aromatic heterocycles. The second kappa shape index (κ2) is 5.97. The summed E-state index contributed by atoms with van der Waals surface area (Å²) in [5.41, 5.74) is 0. The summed E-state index contributed by atoms with van der Waals surface area (Å²) in [6, 6.07) is 0. The van der Waals surface area contributed by atoms with Crippen molar-refractivity contribution in [2.45, 2.75) is 104 Å². The summed E-state index contributed by atoms with van der Waals surface area (Å²) in [7, 11) is -1.04. The Morgan fingerprint density at radius 1 is 0.421 bits per heavy atom. The third-order valence-corrected chi connectivity index (χ3v) is 12.3. The average Bonchev–Trinajstić information content (AvgIpc) is 1.91. The van der Waals surface area contributed by atoms with Gasteiger partial charge in [-0.2, -0.15) is 15.6 Å². The van der Waals surface area contributed by atoms with Crippen LogP contribution in [0.3, 0.4) is 0 Å². The highest BCUT2D eigenvalue weighted by Gasteiger charge is 2.44. The molecule has 114 valence electrons. The van der Waals surface area contributed by atoms with Gasteiger partial charge >= 0.3 is 0 Å². The standard InChI is InChI=1S/C16H38BP2/c1-13(2,3)18(14(4,5)6)17-19(15(7,8)9)16(10,11)12/h18-19H,1-12H3/q+1. The van der Waals surface area contributed by atoms with Crippen LogP contribution in [0.2, 0.25) is 0 Å². The van der Waals surface area contributed by atoms with Crippen molar-refractivity contribution >= 4 is 22.3 Å². The SMILES string of the molecule is CC(C)(C)[PH+]([B-][PH+](C(C)(C)C)C(C)(C)C)C(C)(C)C. The van der Waals surface area contributed by atoms with E-state index in [1.54, 1.807) is 0 Å². The fraction of sp³-hybridized carbons (Fsp3) is 1.00. The summed E-state index contributed by atoms with van der Waals surface area (Å²) < 4.78 is 0. The van der Waals surface area contributed by atoms with Gasteiger partial charge in [0.05, 0.1) is 0 Å². The second-order valence-electron chi connectivity index (χ2n) is 9.97. The summed E-state index contributed by atoms with van der Waals surface area (Å²) in [4.78, 5) is 0. The van der Waals surface area contributed by atoms with Crippen molar-refractivity contribution in [2.24, 2.45) is 0 Å². The highest BCUT2D eigenvalue weighted by molar-refractivity contribution is 8.16. The topological polar surface area (TPSA) is 0 Å². The van der Waals surface area contributed by atoms with Crippen LogP contribution in [0.25, 0.3) is 0 Å². The highest BCUT2D eigenvalue weighted by atomic mass is 31.2. The normalized spacial score (nSPS) is 15.5. The lowest BCUT2D eigenvalue weighted by Crippen LogP contribution is -2.33. The first kappa shape index (κ1) is 19.9. The minimum Gasteiger partial charge on any atom is -0.163 e. The molecule has 0 saturated carbocycles. The van der Waals surface area contributed by atoms with Gasteiger partial charge in [0, 0.05) is 20.6 Å². The van der Waals surface area contributed by atoms with Gasteiger partial charge < -0.3 is 0 Å². The molecule has 0 bridgehead atoms. The minimum absolute atomic E-state index is 0.440. The predicted molar refractivity (Wildman–Crippen MR) is 101 cm³/mol. The molecule has 0 amide bonds. The maximum absolute atomic E-state index is 2.87. The van der Waals surface area contributed by atoms with E-state index in [4.69, 9.17) is 0 Å². The molecule has 0 nitrogen and oxygen atoms in total. The number of hydrogen-bond donors (Lipinski definition) is 0. The van der Waals surface area contributed by atoms with Gasteiger partial charge in [-0.1, -0.05) is 0 Å². The lowest BCUT2D eigenvalue weighted by Gasteiger charge is -2.48. The molecule has 0 aromatic rings. The van der Waals surface area contributed by atoms with Crippen LogP contribution in [0, 0.1) is 0 Å². The van der Waals surface area contributed by atoms with Crippen molar-refractivity contribution in [2.75, 3.05) is 0 Å². The Bertz CT molecular complexity index is 226. The lowest BCUT2D eigenvalue weighted by atomic mass is 10.2. The maximum atomic E-state index is 2.87. The Morgan fingerprint density at radius 2 is 0.579 bits per heavy atom. The zero-order valence-corrected chi connectivity index (χ0v) is 17.6. The van der Waals surface area contributed by atoms with Gasteiger partial charge in [-0.05, 0) is 83.1 Å². The van der Waals surface area contributed by atoms with E-state index in [1.165, 1.54) is 0 Å². The van der Waals surface area contributed by atoms with Crippen LogP contribution in [-0.4, -0.2) is 27.3 Å². The first-order chi connectivity index (χ1) is 7.97. The molecule has 0 rings (SSSR count). The van der Waals surface area contributed by atoms with Gasteiger partial charge in [-0.3, -0.25) is 0 Å². The van der Waals surface area contributed by atoms with E-state index in [9.17, 15) is 0 Å². The first-order valence-electron chi connectivity index (χ1n) is 7.58. The summed E-state index contributed by atoms with van der Waals surface area (Å²) in [5.74, 6) is 0. The predicted octanol–water partition coefficient (Wildman–Crippen LogP) is 6.14. The quantitative estimate of drug-likeness (QED) is 0.424. The van der Waals surface area contributed by atoms with Gasteiger partial charge in [0.1, 0.15) is 0 Å². The Labute approximate surface area is 126 Å². The van der Waals surface area contributed by atoms with Crippen LogP contribution in [0.4, 0.5) is 0 Å². The third kappa shape index (κ3) is 6.48. The van der Waals surface area contributed by atoms with Crippen LogP contribution in [0.15, 0.2) is 0 Å². The fourth-order valence-corrected chi connectivity index (χ4v) is 15.8. The van der Waals surface area contributed by atoms with Crippen LogP contribution in [0.5, 0.6) is 0 Å². The Kier molecular flexibility index (Phi) is 6.26. The largest absolute Gasteiger partial charge is 0.165 e. The van der Waals surface area contributed by atoms with Crippen LogP contribution in [-0.2, 0) is 0 Å². The van der Waals surface area contributed by atoms with Gasteiger partial charge in [-0.15, -0.1) is 0 Å². The second-order valence-corrected chi connectivity index (χ2v) is 18.8. The average molecular weight is 303 g/mol. The first-order valence-corrected chi connectivity index (χ1v) is 10.7.